The molecule has 18 heavy (non-hydrogen) atoms. The number of benzene rings is 1. The summed E-state index contributed by atoms with van der Waals surface area (Å²) >= 11 is 0. The summed E-state index contributed by atoms with van der Waals surface area (Å²) in [5.74, 6) is 1.04. The molecule has 0 saturated heterocycles. The van der Waals surface area contributed by atoms with Crippen molar-refractivity contribution in [2.75, 3.05) is 20.3 Å². The predicted molar refractivity (Wildman–Crippen MR) is 65.6 cm³/mol. The fraction of sp³-hybridized carbons (Fsp3) is 0.462. The minimum absolute atomic E-state index is 0.114. The fourth-order valence-electron chi connectivity index (χ4n) is 1.87. The quantitative estimate of drug-likeness (QED) is 0.817. The van der Waals surface area contributed by atoms with Crippen molar-refractivity contribution in [2.24, 2.45) is 5.73 Å². The van der Waals surface area contributed by atoms with Crippen LogP contribution in [0.2, 0.25) is 0 Å². The van der Waals surface area contributed by atoms with E-state index in [0.717, 1.165) is 5.56 Å². The van der Waals surface area contributed by atoms with Crippen LogP contribution in [-0.2, 0) is 15.1 Å². The average Bonchev–Trinajstić information content (AvgIpc) is 2.37. The number of nitrogens with two attached hydrogens (primary N) is 1. The highest BCUT2D eigenvalue weighted by Gasteiger charge is 2.27. The van der Waals surface area contributed by atoms with E-state index in [1.165, 1.54) is 7.11 Å². The Morgan fingerprint density at radius 3 is 2.72 bits per heavy atom. The van der Waals surface area contributed by atoms with Crippen molar-refractivity contribution in [1.82, 2.24) is 0 Å². The SMILES string of the molecule is COC(=O)CC(C)(N)c1ccc2c(c1)OCCO2. The van der Waals surface area contributed by atoms with Gasteiger partial charge in [-0.3, -0.25) is 4.79 Å². The van der Waals surface area contributed by atoms with Crippen LogP contribution in [0.3, 0.4) is 0 Å². The first kappa shape index (κ1) is 12.7. The molecule has 1 unspecified atom stereocenters. The van der Waals surface area contributed by atoms with Crippen LogP contribution >= 0.6 is 0 Å². The third kappa shape index (κ3) is 2.56. The zero-order valence-electron chi connectivity index (χ0n) is 10.6. The number of carbonyl (C=O) groups is 1. The van der Waals surface area contributed by atoms with Crippen molar-refractivity contribution in [3.63, 3.8) is 0 Å². The molecule has 1 aliphatic rings. The van der Waals surface area contributed by atoms with Gasteiger partial charge in [0.25, 0.3) is 0 Å². The van der Waals surface area contributed by atoms with E-state index in [2.05, 4.69) is 4.74 Å². The first-order valence-corrected chi connectivity index (χ1v) is 5.79. The van der Waals surface area contributed by atoms with E-state index in [-0.39, 0.29) is 12.4 Å². The van der Waals surface area contributed by atoms with Crippen molar-refractivity contribution in [2.45, 2.75) is 18.9 Å². The minimum Gasteiger partial charge on any atom is -0.486 e. The van der Waals surface area contributed by atoms with E-state index < -0.39 is 5.54 Å². The molecule has 0 spiro atoms. The lowest BCUT2D eigenvalue weighted by molar-refractivity contribution is -0.141. The van der Waals surface area contributed by atoms with E-state index in [4.69, 9.17) is 15.2 Å². The zero-order valence-corrected chi connectivity index (χ0v) is 10.6. The molecule has 0 fully saturated rings. The van der Waals surface area contributed by atoms with Gasteiger partial charge in [-0.1, -0.05) is 6.07 Å². The average molecular weight is 251 g/mol. The normalized spacial score (nSPS) is 16.8. The molecule has 2 rings (SSSR count). The van der Waals surface area contributed by atoms with E-state index >= 15 is 0 Å². The van der Waals surface area contributed by atoms with Crippen LogP contribution in [0.15, 0.2) is 18.2 Å². The van der Waals surface area contributed by atoms with Gasteiger partial charge in [0.05, 0.1) is 13.5 Å². The molecule has 0 saturated carbocycles. The second kappa shape index (κ2) is 4.86. The molecule has 0 aliphatic carbocycles. The van der Waals surface area contributed by atoms with Crippen LogP contribution in [0.5, 0.6) is 11.5 Å². The van der Waals surface area contributed by atoms with Crippen molar-refractivity contribution < 1.29 is 19.0 Å². The maximum atomic E-state index is 11.3. The third-order valence-corrected chi connectivity index (χ3v) is 2.94. The number of fused-ring (bicyclic) bond motifs is 1. The second-order valence-electron chi connectivity index (χ2n) is 4.53. The number of hydrogen-bond donors (Lipinski definition) is 1. The summed E-state index contributed by atoms with van der Waals surface area (Å²) in [6.45, 7) is 2.86. The van der Waals surface area contributed by atoms with Gasteiger partial charge in [-0.2, -0.15) is 0 Å². The summed E-state index contributed by atoms with van der Waals surface area (Å²) < 4.78 is 15.6. The minimum atomic E-state index is -0.789. The molecule has 98 valence electrons. The van der Waals surface area contributed by atoms with Gasteiger partial charge in [-0.25, -0.2) is 0 Å². The predicted octanol–water partition coefficient (Wildman–Crippen LogP) is 1.19. The molecule has 1 aromatic carbocycles. The largest absolute Gasteiger partial charge is 0.486 e. The first-order valence-electron chi connectivity index (χ1n) is 5.79. The van der Waals surface area contributed by atoms with Crippen LogP contribution in [0.4, 0.5) is 0 Å². The van der Waals surface area contributed by atoms with E-state index in [1.54, 1.807) is 6.92 Å². The lowest BCUT2D eigenvalue weighted by atomic mass is 9.89. The molecular weight excluding hydrogens is 234 g/mol. The zero-order chi connectivity index (χ0) is 13.2. The van der Waals surface area contributed by atoms with E-state index in [0.29, 0.717) is 24.7 Å². The molecule has 0 amide bonds. The molecule has 5 heteroatoms. The summed E-state index contributed by atoms with van der Waals surface area (Å²) in [5.41, 5.74) is 6.18. The highest BCUT2D eigenvalue weighted by atomic mass is 16.6. The Kier molecular flexibility index (Phi) is 3.43. The Bertz CT molecular complexity index is 456. The molecule has 0 aromatic heterocycles. The number of ether oxygens (including phenoxy) is 3. The molecule has 5 nitrogen and oxygen atoms in total. The number of methoxy groups -OCH3 is 1. The monoisotopic (exact) mass is 251 g/mol. The number of hydrogen-bond acceptors (Lipinski definition) is 5. The van der Waals surface area contributed by atoms with Gasteiger partial charge in [0.2, 0.25) is 0 Å². The maximum Gasteiger partial charge on any atom is 0.307 e. The summed E-state index contributed by atoms with van der Waals surface area (Å²) in [6.07, 6.45) is 0.114. The molecular formula is C13H17NO4. The van der Waals surface area contributed by atoms with Gasteiger partial charge < -0.3 is 19.9 Å². The standard InChI is InChI=1S/C13H17NO4/c1-13(14,8-12(15)16-2)9-3-4-10-11(7-9)18-6-5-17-10/h3-4,7H,5-6,8,14H2,1-2H3. The van der Waals surface area contributed by atoms with E-state index in [9.17, 15) is 4.79 Å². The van der Waals surface area contributed by atoms with Crippen LogP contribution in [0.1, 0.15) is 18.9 Å². The van der Waals surface area contributed by atoms with Gasteiger partial charge in [-0.15, -0.1) is 0 Å². The molecule has 0 bridgehead atoms. The fourth-order valence-corrected chi connectivity index (χ4v) is 1.87. The first-order chi connectivity index (χ1) is 8.53. The van der Waals surface area contributed by atoms with Crippen LogP contribution in [0, 0.1) is 0 Å². The molecule has 0 radical (unpaired) electrons. The highest BCUT2D eigenvalue weighted by molar-refractivity contribution is 5.71. The number of rotatable bonds is 3. The molecule has 1 aromatic rings. The Hall–Kier alpha value is -1.75. The topological polar surface area (TPSA) is 70.8 Å². The van der Waals surface area contributed by atoms with Gasteiger partial charge in [0, 0.05) is 5.54 Å². The summed E-state index contributed by atoms with van der Waals surface area (Å²) in [6, 6.07) is 5.47. The van der Waals surface area contributed by atoms with Gasteiger partial charge in [0.15, 0.2) is 11.5 Å². The molecule has 1 atom stereocenters. The Labute approximate surface area is 106 Å². The summed E-state index contributed by atoms with van der Waals surface area (Å²) in [4.78, 5) is 11.3. The van der Waals surface area contributed by atoms with E-state index in [1.807, 2.05) is 18.2 Å². The van der Waals surface area contributed by atoms with Crippen molar-refractivity contribution >= 4 is 5.97 Å². The van der Waals surface area contributed by atoms with Crippen LogP contribution < -0.4 is 15.2 Å². The molecule has 1 aliphatic heterocycles. The van der Waals surface area contributed by atoms with Crippen LogP contribution in [0.25, 0.3) is 0 Å². The third-order valence-electron chi connectivity index (χ3n) is 2.94. The van der Waals surface area contributed by atoms with Gasteiger partial charge in [-0.05, 0) is 24.6 Å². The maximum absolute atomic E-state index is 11.3. The van der Waals surface area contributed by atoms with Crippen molar-refractivity contribution in [1.29, 1.82) is 0 Å². The Balaban J connectivity index is 2.24. The number of esters is 1. The smallest absolute Gasteiger partial charge is 0.307 e. The second-order valence-corrected chi connectivity index (χ2v) is 4.53. The molecule has 1 heterocycles. The van der Waals surface area contributed by atoms with Gasteiger partial charge >= 0.3 is 5.97 Å². The summed E-state index contributed by atoms with van der Waals surface area (Å²) in [7, 11) is 1.35. The Morgan fingerprint density at radius 2 is 2.06 bits per heavy atom. The number of carbonyl (C=O) groups excluding carboxylic acids is 1. The van der Waals surface area contributed by atoms with Crippen molar-refractivity contribution in [3.8, 4) is 11.5 Å². The lowest BCUT2D eigenvalue weighted by Crippen LogP contribution is -2.36. The van der Waals surface area contributed by atoms with Crippen molar-refractivity contribution in [3.05, 3.63) is 23.8 Å². The Morgan fingerprint density at radius 1 is 1.39 bits per heavy atom. The molecule has 2 N–H and O–H groups in total. The highest BCUT2D eigenvalue weighted by Crippen LogP contribution is 2.34. The van der Waals surface area contributed by atoms with Gasteiger partial charge in [0.1, 0.15) is 13.2 Å². The lowest BCUT2D eigenvalue weighted by Gasteiger charge is -2.26. The van der Waals surface area contributed by atoms with Crippen LogP contribution in [-0.4, -0.2) is 26.3 Å². The summed E-state index contributed by atoms with van der Waals surface area (Å²) in [5, 5.41) is 0.